The van der Waals surface area contributed by atoms with Crippen molar-refractivity contribution >= 4 is 11.6 Å². The molecule has 0 heterocycles. The number of carbonyl (C=O) groups is 1. The predicted octanol–water partition coefficient (Wildman–Crippen LogP) is 4.03. The molecule has 0 aliphatic carbocycles. The highest BCUT2D eigenvalue weighted by atomic mass is 19.3. The van der Waals surface area contributed by atoms with Gasteiger partial charge < -0.3 is 15.4 Å². The Bertz CT molecular complexity index is 979. The van der Waals surface area contributed by atoms with Crippen molar-refractivity contribution in [3.63, 3.8) is 0 Å². The normalized spacial score (nSPS) is 11.9. The van der Waals surface area contributed by atoms with Gasteiger partial charge in [0.15, 0.2) is 6.54 Å². The highest BCUT2D eigenvalue weighted by Gasteiger charge is 2.20. The fraction of sp³-hybridized carbons (Fsp3) is 0.174. The molecule has 4 nitrogen and oxygen atoms in total. The third-order valence-corrected chi connectivity index (χ3v) is 4.56. The number of rotatable bonds is 8. The number of carbonyl (C=O) groups excluding carboxylic acids is 1. The van der Waals surface area contributed by atoms with Gasteiger partial charge in [-0.05, 0) is 48.9 Å². The van der Waals surface area contributed by atoms with Gasteiger partial charge in [0.05, 0.1) is 5.69 Å². The first-order valence-corrected chi connectivity index (χ1v) is 9.41. The molecule has 0 bridgehead atoms. The number of halogens is 3. The van der Waals surface area contributed by atoms with Crippen molar-refractivity contribution in [1.82, 2.24) is 0 Å². The molecule has 0 fully saturated rings. The van der Waals surface area contributed by atoms with E-state index in [0.29, 0.717) is 0 Å². The lowest BCUT2D eigenvalue weighted by atomic mass is 9.98. The Morgan fingerprint density at radius 2 is 1.67 bits per heavy atom. The van der Waals surface area contributed by atoms with E-state index in [1.807, 2.05) is 30.3 Å². The minimum atomic E-state index is -2.89. The largest absolute Gasteiger partial charge is 0.435 e. The highest BCUT2D eigenvalue weighted by Crippen LogP contribution is 2.22. The Morgan fingerprint density at radius 1 is 1.00 bits per heavy atom. The van der Waals surface area contributed by atoms with Gasteiger partial charge >= 0.3 is 6.61 Å². The summed E-state index contributed by atoms with van der Waals surface area (Å²) < 4.78 is 43.1. The SMILES string of the molecule is Cc1ccc(NC(=O)C[NH2+][C@H](c2ccccc2)c2ccc(OC(F)F)cc2)c(F)c1. The van der Waals surface area contributed by atoms with Crippen molar-refractivity contribution in [1.29, 1.82) is 0 Å². The molecule has 0 radical (unpaired) electrons. The first-order chi connectivity index (χ1) is 14.4. The molecule has 0 saturated carbocycles. The van der Waals surface area contributed by atoms with Crippen LogP contribution in [0.15, 0.2) is 72.8 Å². The van der Waals surface area contributed by atoms with Crippen LogP contribution in [0.3, 0.4) is 0 Å². The standard InChI is InChI=1S/C23H21F3N2O2/c1-15-7-12-20(19(24)13-15)28-21(29)14-27-22(16-5-3-2-4-6-16)17-8-10-18(11-9-17)30-23(25)26/h2-13,22-23,27H,14H2,1H3,(H,28,29)/p+1/t22-/m1/s1. The van der Waals surface area contributed by atoms with Gasteiger partial charge in [-0.25, -0.2) is 4.39 Å². The Balaban J connectivity index is 1.72. The van der Waals surface area contributed by atoms with Crippen LogP contribution < -0.4 is 15.4 Å². The van der Waals surface area contributed by atoms with Crippen molar-refractivity contribution in [3.05, 3.63) is 95.3 Å². The van der Waals surface area contributed by atoms with E-state index < -0.39 is 12.4 Å². The van der Waals surface area contributed by atoms with Crippen LogP contribution in [-0.4, -0.2) is 19.1 Å². The first kappa shape index (κ1) is 21.4. The smallest absolute Gasteiger partial charge is 0.387 e. The summed E-state index contributed by atoms with van der Waals surface area (Å²) in [5.74, 6) is -0.776. The maximum absolute atomic E-state index is 14.0. The van der Waals surface area contributed by atoms with Crippen LogP contribution in [0, 0.1) is 12.7 Å². The number of benzene rings is 3. The third-order valence-electron chi connectivity index (χ3n) is 4.56. The van der Waals surface area contributed by atoms with E-state index in [2.05, 4.69) is 10.1 Å². The molecule has 3 N–H and O–H groups in total. The molecule has 0 saturated heterocycles. The highest BCUT2D eigenvalue weighted by molar-refractivity contribution is 5.91. The zero-order valence-electron chi connectivity index (χ0n) is 16.3. The minimum Gasteiger partial charge on any atom is -0.435 e. The summed E-state index contributed by atoms with van der Waals surface area (Å²) in [6.45, 7) is -1.08. The quantitative estimate of drug-likeness (QED) is 0.584. The monoisotopic (exact) mass is 415 g/mol. The number of ether oxygens (including phenoxy) is 1. The van der Waals surface area contributed by atoms with Crippen LogP contribution in [0.2, 0.25) is 0 Å². The van der Waals surface area contributed by atoms with Crippen molar-refractivity contribution in [2.24, 2.45) is 0 Å². The van der Waals surface area contributed by atoms with E-state index in [9.17, 15) is 18.0 Å². The summed E-state index contributed by atoms with van der Waals surface area (Å²) in [6, 6.07) is 20.1. The van der Waals surface area contributed by atoms with Crippen molar-refractivity contribution in [3.8, 4) is 5.75 Å². The minimum absolute atomic E-state index is 0.0438. The molecule has 0 aromatic heterocycles. The lowest BCUT2D eigenvalue weighted by molar-refractivity contribution is -0.676. The molecular weight excluding hydrogens is 393 g/mol. The zero-order chi connectivity index (χ0) is 21.5. The number of amides is 1. The van der Waals surface area contributed by atoms with Crippen LogP contribution >= 0.6 is 0 Å². The molecule has 0 unspecified atom stereocenters. The number of nitrogens with two attached hydrogens (primary N) is 1. The lowest BCUT2D eigenvalue weighted by Crippen LogP contribution is -2.87. The molecule has 30 heavy (non-hydrogen) atoms. The molecule has 3 aromatic rings. The molecular formula is C23H22F3N2O2+. The first-order valence-electron chi connectivity index (χ1n) is 9.41. The van der Waals surface area contributed by atoms with E-state index in [-0.39, 0.29) is 29.9 Å². The number of anilines is 1. The lowest BCUT2D eigenvalue weighted by Gasteiger charge is -2.17. The van der Waals surface area contributed by atoms with Gasteiger partial charge in [-0.15, -0.1) is 0 Å². The van der Waals surface area contributed by atoms with Gasteiger partial charge in [-0.3, -0.25) is 4.79 Å². The number of hydrogen-bond donors (Lipinski definition) is 2. The second-order valence-corrected chi connectivity index (χ2v) is 6.81. The fourth-order valence-corrected chi connectivity index (χ4v) is 3.13. The number of alkyl halides is 2. The van der Waals surface area contributed by atoms with Gasteiger partial charge in [0, 0.05) is 11.1 Å². The Morgan fingerprint density at radius 3 is 2.30 bits per heavy atom. The summed E-state index contributed by atoms with van der Waals surface area (Å²) in [5, 5.41) is 4.38. The van der Waals surface area contributed by atoms with E-state index in [0.717, 1.165) is 16.7 Å². The number of hydrogen-bond acceptors (Lipinski definition) is 2. The van der Waals surface area contributed by atoms with Crippen molar-refractivity contribution < 1.29 is 28.0 Å². The van der Waals surface area contributed by atoms with Crippen LogP contribution in [0.4, 0.5) is 18.9 Å². The van der Waals surface area contributed by atoms with Crippen LogP contribution in [0.1, 0.15) is 22.7 Å². The second-order valence-electron chi connectivity index (χ2n) is 6.81. The topological polar surface area (TPSA) is 54.9 Å². The molecule has 156 valence electrons. The Kier molecular flexibility index (Phi) is 7.08. The number of nitrogens with one attached hydrogen (secondary N) is 1. The van der Waals surface area contributed by atoms with Crippen molar-refractivity contribution in [2.75, 3.05) is 11.9 Å². The van der Waals surface area contributed by atoms with Gasteiger partial charge in [0.2, 0.25) is 0 Å². The van der Waals surface area contributed by atoms with Gasteiger partial charge in [0.25, 0.3) is 5.91 Å². The molecule has 3 aromatic carbocycles. The molecule has 0 aliphatic heterocycles. The summed E-state index contributed by atoms with van der Waals surface area (Å²) >= 11 is 0. The van der Waals surface area contributed by atoms with Gasteiger partial charge in [-0.2, -0.15) is 8.78 Å². The molecule has 1 amide bonds. The molecule has 0 aliphatic rings. The van der Waals surface area contributed by atoms with E-state index in [1.165, 1.54) is 24.3 Å². The number of aryl methyl sites for hydroxylation is 1. The molecule has 1 atom stereocenters. The summed E-state index contributed by atoms with van der Waals surface area (Å²) in [7, 11) is 0. The van der Waals surface area contributed by atoms with E-state index >= 15 is 0 Å². The van der Waals surface area contributed by atoms with E-state index in [4.69, 9.17) is 0 Å². The second kappa shape index (κ2) is 9.93. The van der Waals surface area contributed by atoms with Gasteiger partial charge in [-0.1, -0.05) is 36.4 Å². The van der Waals surface area contributed by atoms with Crippen molar-refractivity contribution in [2.45, 2.75) is 19.6 Å². The average Bonchev–Trinajstić information content (AvgIpc) is 2.72. The molecule has 3 rings (SSSR count). The summed E-state index contributed by atoms with van der Waals surface area (Å²) in [4.78, 5) is 12.4. The van der Waals surface area contributed by atoms with Gasteiger partial charge in [0.1, 0.15) is 17.6 Å². The third kappa shape index (κ3) is 5.84. The summed E-state index contributed by atoms with van der Waals surface area (Å²) in [6.07, 6.45) is 0. The Labute approximate surface area is 172 Å². The number of quaternary nitrogens is 1. The van der Waals surface area contributed by atoms with Crippen LogP contribution in [0.5, 0.6) is 5.75 Å². The van der Waals surface area contributed by atoms with Crippen LogP contribution in [-0.2, 0) is 4.79 Å². The molecule has 0 spiro atoms. The zero-order valence-corrected chi connectivity index (χ0v) is 16.3. The Hall–Kier alpha value is -3.32. The predicted molar refractivity (Wildman–Crippen MR) is 108 cm³/mol. The average molecular weight is 415 g/mol. The van der Waals surface area contributed by atoms with Crippen LogP contribution in [0.25, 0.3) is 0 Å². The maximum atomic E-state index is 14.0. The summed E-state index contributed by atoms with van der Waals surface area (Å²) in [5.41, 5.74) is 2.65. The fourth-order valence-electron chi connectivity index (χ4n) is 3.13. The maximum Gasteiger partial charge on any atom is 0.387 e. The van der Waals surface area contributed by atoms with E-state index in [1.54, 1.807) is 30.4 Å². The molecule has 7 heteroatoms.